The standard InChI is InChI=1S/C13H16OS.H2/c1-10-3-2-6-13(9-10)11-5-8-15-12(11)4-7-14-13;/h5,8H,1-4,6-7,9H2;1H/t13-;/m0./s1. The Bertz CT molecular complexity index is 398. The molecule has 1 saturated carbocycles. The van der Waals surface area contributed by atoms with Gasteiger partial charge in [0.1, 0.15) is 0 Å². The molecule has 15 heavy (non-hydrogen) atoms. The molecule has 1 fully saturated rings. The zero-order valence-corrected chi connectivity index (χ0v) is 9.74. The van der Waals surface area contributed by atoms with Crippen LogP contribution in [0.4, 0.5) is 0 Å². The summed E-state index contributed by atoms with van der Waals surface area (Å²) in [4.78, 5) is 1.54. The smallest absolute Gasteiger partial charge is 0.0979 e. The minimum absolute atomic E-state index is 0. The fourth-order valence-electron chi connectivity index (χ4n) is 2.91. The summed E-state index contributed by atoms with van der Waals surface area (Å²) in [6.45, 7) is 5.03. The summed E-state index contributed by atoms with van der Waals surface area (Å²) in [5.41, 5.74) is 2.82. The van der Waals surface area contributed by atoms with E-state index in [1.54, 1.807) is 0 Å². The van der Waals surface area contributed by atoms with Crippen molar-refractivity contribution in [1.82, 2.24) is 0 Å². The first-order valence-corrected chi connectivity index (χ1v) is 6.56. The average molecular weight is 222 g/mol. The van der Waals surface area contributed by atoms with Crippen LogP contribution in [0.1, 0.15) is 37.6 Å². The maximum Gasteiger partial charge on any atom is 0.0979 e. The summed E-state index contributed by atoms with van der Waals surface area (Å²) >= 11 is 1.88. The van der Waals surface area contributed by atoms with Gasteiger partial charge in [0.25, 0.3) is 0 Å². The van der Waals surface area contributed by atoms with Crippen LogP contribution in [0.25, 0.3) is 0 Å². The van der Waals surface area contributed by atoms with Gasteiger partial charge in [0, 0.05) is 19.1 Å². The highest BCUT2D eigenvalue weighted by Crippen LogP contribution is 2.46. The number of ether oxygens (including phenoxy) is 1. The van der Waals surface area contributed by atoms with Gasteiger partial charge in [-0.05, 0) is 36.3 Å². The van der Waals surface area contributed by atoms with Crippen molar-refractivity contribution in [3.05, 3.63) is 34.0 Å². The van der Waals surface area contributed by atoms with Gasteiger partial charge >= 0.3 is 0 Å². The quantitative estimate of drug-likeness (QED) is 0.605. The van der Waals surface area contributed by atoms with Gasteiger partial charge in [0.15, 0.2) is 0 Å². The van der Waals surface area contributed by atoms with Gasteiger partial charge in [0.2, 0.25) is 0 Å². The van der Waals surface area contributed by atoms with Crippen LogP contribution in [0.2, 0.25) is 0 Å². The van der Waals surface area contributed by atoms with Gasteiger partial charge in [-0.1, -0.05) is 12.2 Å². The van der Waals surface area contributed by atoms with E-state index in [2.05, 4.69) is 18.0 Å². The second-order valence-corrected chi connectivity index (χ2v) is 5.63. The van der Waals surface area contributed by atoms with E-state index in [0.717, 1.165) is 19.4 Å². The average Bonchev–Trinajstić information content (AvgIpc) is 2.67. The third-order valence-corrected chi connectivity index (χ3v) is 4.57. The van der Waals surface area contributed by atoms with Crippen molar-refractivity contribution >= 4 is 11.3 Å². The van der Waals surface area contributed by atoms with Crippen molar-refractivity contribution in [2.75, 3.05) is 6.61 Å². The molecule has 1 nitrogen and oxygen atoms in total. The molecular weight excluding hydrogens is 204 g/mol. The molecule has 2 heteroatoms. The van der Waals surface area contributed by atoms with Crippen LogP contribution in [0.15, 0.2) is 23.6 Å². The number of thiophene rings is 1. The topological polar surface area (TPSA) is 9.23 Å². The Labute approximate surface area is 96.3 Å². The number of hydrogen-bond donors (Lipinski definition) is 0. The van der Waals surface area contributed by atoms with Crippen molar-refractivity contribution in [3.8, 4) is 0 Å². The third-order valence-electron chi connectivity index (χ3n) is 3.59. The SMILES string of the molecule is C=C1CCC[C@@]2(C1)OCCc1sccc12.[HH]. The number of rotatable bonds is 0. The molecule has 82 valence electrons. The maximum absolute atomic E-state index is 6.11. The molecule has 1 aliphatic carbocycles. The van der Waals surface area contributed by atoms with Gasteiger partial charge in [-0.15, -0.1) is 11.3 Å². The highest BCUT2D eigenvalue weighted by Gasteiger charge is 2.40. The van der Waals surface area contributed by atoms with E-state index < -0.39 is 0 Å². The molecule has 0 aromatic carbocycles. The van der Waals surface area contributed by atoms with E-state index in [1.807, 2.05) is 11.3 Å². The molecule has 3 rings (SSSR count). The Morgan fingerprint density at radius 2 is 2.40 bits per heavy atom. The zero-order chi connectivity index (χ0) is 10.3. The van der Waals surface area contributed by atoms with Crippen molar-refractivity contribution in [1.29, 1.82) is 0 Å². The molecule has 1 spiro atoms. The molecular formula is C13H18OS. The fourth-order valence-corrected chi connectivity index (χ4v) is 3.87. The second kappa shape index (κ2) is 3.46. The van der Waals surface area contributed by atoms with Gasteiger partial charge in [-0.3, -0.25) is 0 Å². The minimum Gasteiger partial charge on any atom is -0.370 e. The maximum atomic E-state index is 6.11. The molecule has 0 amide bonds. The normalized spacial score (nSPS) is 30.5. The van der Waals surface area contributed by atoms with Crippen LogP contribution in [0.5, 0.6) is 0 Å². The first-order chi connectivity index (χ1) is 7.30. The van der Waals surface area contributed by atoms with Crippen LogP contribution < -0.4 is 0 Å². The lowest BCUT2D eigenvalue weighted by molar-refractivity contribution is -0.0731. The summed E-state index contributed by atoms with van der Waals surface area (Å²) < 4.78 is 6.11. The summed E-state index contributed by atoms with van der Waals surface area (Å²) in [6.07, 6.45) is 5.73. The molecule has 2 aliphatic rings. The molecule has 1 aromatic heterocycles. The fraction of sp³-hybridized carbons (Fsp3) is 0.538. The Kier molecular flexibility index (Phi) is 2.22. The van der Waals surface area contributed by atoms with Gasteiger partial charge in [-0.25, -0.2) is 0 Å². The molecule has 0 bridgehead atoms. The predicted molar refractivity (Wildman–Crippen MR) is 65.4 cm³/mol. The van der Waals surface area contributed by atoms with Crippen LogP contribution in [0, 0.1) is 0 Å². The largest absolute Gasteiger partial charge is 0.370 e. The first kappa shape index (κ1) is 9.61. The highest BCUT2D eigenvalue weighted by atomic mass is 32.1. The van der Waals surface area contributed by atoms with Crippen LogP contribution in [-0.4, -0.2) is 6.61 Å². The molecule has 2 heterocycles. The minimum atomic E-state index is 0. The van der Waals surface area contributed by atoms with E-state index >= 15 is 0 Å². The number of fused-ring (bicyclic) bond motifs is 2. The van der Waals surface area contributed by atoms with Crippen molar-refractivity contribution < 1.29 is 6.16 Å². The van der Waals surface area contributed by atoms with E-state index in [1.165, 1.54) is 35.3 Å². The predicted octanol–water partition coefficient (Wildman–Crippen LogP) is 3.89. The van der Waals surface area contributed by atoms with Crippen LogP contribution in [0.3, 0.4) is 0 Å². The van der Waals surface area contributed by atoms with E-state index in [0.29, 0.717) is 0 Å². The summed E-state index contributed by atoms with van der Waals surface area (Å²) in [5.74, 6) is 0. The van der Waals surface area contributed by atoms with Gasteiger partial charge in [0.05, 0.1) is 12.2 Å². The second-order valence-electron chi connectivity index (χ2n) is 4.63. The molecule has 1 aliphatic heterocycles. The van der Waals surface area contributed by atoms with Crippen molar-refractivity contribution in [2.45, 2.75) is 37.7 Å². The lowest BCUT2D eigenvalue weighted by atomic mass is 9.76. The Morgan fingerprint density at radius 3 is 3.27 bits per heavy atom. The monoisotopic (exact) mass is 222 g/mol. The molecule has 0 unspecified atom stereocenters. The van der Waals surface area contributed by atoms with Crippen LogP contribution in [-0.2, 0) is 16.8 Å². The molecule has 1 atom stereocenters. The number of hydrogen-bond acceptors (Lipinski definition) is 2. The van der Waals surface area contributed by atoms with E-state index in [9.17, 15) is 0 Å². The molecule has 0 saturated heterocycles. The lowest BCUT2D eigenvalue weighted by Gasteiger charge is -2.41. The van der Waals surface area contributed by atoms with Crippen molar-refractivity contribution in [2.24, 2.45) is 0 Å². The molecule has 0 radical (unpaired) electrons. The van der Waals surface area contributed by atoms with Gasteiger partial charge in [-0.2, -0.15) is 0 Å². The van der Waals surface area contributed by atoms with Crippen molar-refractivity contribution in [3.63, 3.8) is 0 Å². The molecule has 0 N–H and O–H groups in total. The first-order valence-electron chi connectivity index (χ1n) is 5.68. The molecule has 1 aromatic rings. The lowest BCUT2D eigenvalue weighted by Crippen LogP contribution is -2.37. The zero-order valence-electron chi connectivity index (χ0n) is 8.92. The Hall–Kier alpha value is -0.600. The summed E-state index contributed by atoms with van der Waals surface area (Å²) in [7, 11) is 0. The third kappa shape index (κ3) is 1.47. The van der Waals surface area contributed by atoms with Crippen LogP contribution >= 0.6 is 11.3 Å². The summed E-state index contributed by atoms with van der Waals surface area (Å²) in [5, 5.41) is 2.21. The van der Waals surface area contributed by atoms with Gasteiger partial charge < -0.3 is 4.74 Å². The van der Waals surface area contributed by atoms with E-state index in [4.69, 9.17) is 4.74 Å². The summed E-state index contributed by atoms with van der Waals surface area (Å²) in [6, 6.07) is 2.26. The Balaban J connectivity index is 0.000000963. The van der Waals surface area contributed by atoms with E-state index in [-0.39, 0.29) is 7.03 Å². The highest BCUT2D eigenvalue weighted by molar-refractivity contribution is 7.10. The Morgan fingerprint density at radius 1 is 1.47 bits per heavy atom.